The zero-order valence-corrected chi connectivity index (χ0v) is 16.1. The molecule has 1 aromatic rings. The molecule has 0 amide bonds. The highest BCUT2D eigenvalue weighted by molar-refractivity contribution is 14.0. The maximum atomic E-state index is 6.10. The first-order valence-corrected chi connectivity index (χ1v) is 8.00. The first-order chi connectivity index (χ1) is 10.2. The normalized spacial score (nSPS) is 15.8. The lowest BCUT2D eigenvalue weighted by atomic mass is 10.1. The predicted molar refractivity (Wildman–Crippen MR) is 105 cm³/mol. The van der Waals surface area contributed by atoms with E-state index in [1.165, 1.54) is 30.4 Å². The van der Waals surface area contributed by atoms with Crippen LogP contribution in [0, 0.1) is 0 Å². The molecule has 1 heterocycles. The summed E-state index contributed by atoms with van der Waals surface area (Å²) in [5, 5.41) is 0. The van der Waals surface area contributed by atoms with Crippen molar-refractivity contribution in [2.45, 2.75) is 39.3 Å². The van der Waals surface area contributed by atoms with Crippen LogP contribution in [0.2, 0.25) is 0 Å². The molecule has 0 aromatic heterocycles. The highest BCUT2D eigenvalue weighted by Crippen LogP contribution is 2.11. The van der Waals surface area contributed by atoms with Gasteiger partial charge < -0.3 is 15.5 Å². The van der Waals surface area contributed by atoms with Crippen molar-refractivity contribution >= 4 is 29.9 Å². The number of hydrogen-bond acceptors (Lipinski definition) is 2. The molecule has 0 bridgehead atoms. The van der Waals surface area contributed by atoms with Gasteiger partial charge in [-0.05, 0) is 44.0 Å². The van der Waals surface area contributed by atoms with Crippen LogP contribution >= 0.6 is 24.0 Å². The first-order valence-electron chi connectivity index (χ1n) is 8.00. The molecule has 0 saturated carbocycles. The molecule has 1 saturated heterocycles. The fraction of sp³-hybridized carbons (Fsp3) is 0.588. The number of nitrogens with zero attached hydrogens (tertiary/aromatic N) is 3. The van der Waals surface area contributed by atoms with Crippen molar-refractivity contribution < 1.29 is 0 Å². The van der Waals surface area contributed by atoms with Crippen molar-refractivity contribution in [3.63, 3.8) is 0 Å². The largest absolute Gasteiger partial charge is 0.370 e. The second-order valence-electron chi connectivity index (χ2n) is 5.87. The fourth-order valence-corrected chi connectivity index (χ4v) is 2.65. The average molecular weight is 416 g/mol. The third-order valence-corrected chi connectivity index (χ3v) is 4.09. The SMILES string of the molecule is CCN(C)Cc1cccc(CN=C(N)N2CCCCC2)c1.I. The monoisotopic (exact) mass is 416 g/mol. The highest BCUT2D eigenvalue weighted by atomic mass is 127. The second kappa shape index (κ2) is 10.0. The van der Waals surface area contributed by atoms with Gasteiger partial charge in [-0.3, -0.25) is 0 Å². The number of nitrogens with two attached hydrogens (primary N) is 1. The molecule has 0 aliphatic carbocycles. The summed E-state index contributed by atoms with van der Waals surface area (Å²) in [7, 11) is 2.14. The molecular formula is C17H29IN4. The number of rotatable bonds is 5. The van der Waals surface area contributed by atoms with Gasteiger partial charge in [-0.1, -0.05) is 31.2 Å². The van der Waals surface area contributed by atoms with E-state index in [0.29, 0.717) is 12.5 Å². The van der Waals surface area contributed by atoms with E-state index in [9.17, 15) is 0 Å². The van der Waals surface area contributed by atoms with Gasteiger partial charge in [-0.25, -0.2) is 4.99 Å². The third kappa shape index (κ3) is 6.12. The van der Waals surface area contributed by atoms with E-state index in [-0.39, 0.29) is 24.0 Å². The lowest BCUT2D eigenvalue weighted by Gasteiger charge is -2.27. The van der Waals surface area contributed by atoms with E-state index < -0.39 is 0 Å². The maximum Gasteiger partial charge on any atom is 0.191 e. The Bertz CT molecular complexity index is 469. The first kappa shape index (κ1) is 19.2. The molecule has 124 valence electrons. The van der Waals surface area contributed by atoms with E-state index in [1.807, 2.05) is 0 Å². The zero-order valence-electron chi connectivity index (χ0n) is 13.8. The Hall–Kier alpha value is -0.820. The number of benzene rings is 1. The van der Waals surface area contributed by atoms with Gasteiger partial charge in [0.1, 0.15) is 0 Å². The van der Waals surface area contributed by atoms with Gasteiger partial charge in [-0.15, -0.1) is 24.0 Å². The number of likely N-dealkylation sites (tertiary alicyclic amines) is 1. The van der Waals surface area contributed by atoms with Crippen molar-refractivity contribution in [1.29, 1.82) is 0 Å². The lowest BCUT2D eigenvalue weighted by Crippen LogP contribution is -2.40. The highest BCUT2D eigenvalue weighted by Gasteiger charge is 2.11. The number of piperidine rings is 1. The molecule has 4 nitrogen and oxygen atoms in total. The minimum Gasteiger partial charge on any atom is -0.370 e. The molecule has 5 heteroatoms. The summed E-state index contributed by atoms with van der Waals surface area (Å²) in [4.78, 5) is 9.07. The number of aliphatic imine (C=N–C) groups is 1. The molecule has 1 aliphatic heterocycles. The Labute approximate surface area is 151 Å². The van der Waals surface area contributed by atoms with Gasteiger partial charge in [0.05, 0.1) is 6.54 Å². The molecule has 0 spiro atoms. The van der Waals surface area contributed by atoms with Gasteiger partial charge in [-0.2, -0.15) is 0 Å². The van der Waals surface area contributed by atoms with E-state index in [0.717, 1.165) is 26.2 Å². The van der Waals surface area contributed by atoms with Gasteiger partial charge in [0, 0.05) is 19.6 Å². The van der Waals surface area contributed by atoms with Crippen molar-refractivity contribution in [3.8, 4) is 0 Å². The topological polar surface area (TPSA) is 44.9 Å². The second-order valence-corrected chi connectivity index (χ2v) is 5.87. The van der Waals surface area contributed by atoms with Crippen LogP contribution in [-0.2, 0) is 13.1 Å². The van der Waals surface area contributed by atoms with Crippen molar-refractivity contribution in [1.82, 2.24) is 9.80 Å². The summed E-state index contributed by atoms with van der Waals surface area (Å²) in [5.41, 5.74) is 8.67. The van der Waals surface area contributed by atoms with E-state index in [4.69, 9.17) is 5.73 Å². The summed E-state index contributed by atoms with van der Waals surface area (Å²) in [5.74, 6) is 0.700. The minimum absolute atomic E-state index is 0. The van der Waals surface area contributed by atoms with Crippen LogP contribution in [0.3, 0.4) is 0 Å². The molecule has 1 aromatic carbocycles. The quantitative estimate of drug-likeness (QED) is 0.456. The van der Waals surface area contributed by atoms with E-state index >= 15 is 0 Å². The van der Waals surface area contributed by atoms with Crippen molar-refractivity contribution in [2.24, 2.45) is 10.7 Å². The molecule has 1 fully saturated rings. The summed E-state index contributed by atoms with van der Waals surface area (Å²) >= 11 is 0. The smallest absolute Gasteiger partial charge is 0.191 e. The van der Waals surface area contributed by atoms with Crippen LogP contribution in [0.25, 0.3) is 0 Å². The van der Waals surface area contributed by atoms with Gasteiger partial charge in [0.15, 0.2) is 5.96 Å². The van der Waals surface area contributed by atoms with E-state index in [2.05, 4.69) is 53.0 Å². The molecule has 0 atom stereocenters. The zero-order chi connectivity index (χ0) is 15.1. The summed E-state index contributed by atoms with van der Waals surface area (Å²) < 4.78 is 0. The molecule has 2 rings (SSSR count). The Morgan fingerprint density at radius 2 is 1.91 bits per heavy atom. The average Bonchev–Trinajstić information content (AvgIpc) is 2.53. The molecule has 0 radical (unpaired) electrons. The molecular weight excluding hydrogens is 387 g/mol. The lowest BCUT2D eigenvalue weighted by molar-refractivity contribution is 0.338. The Morgan fingerprint density at radius 1 is 1.23 bits per heavy atom. The number of guanidine groups is 1. The van der Waals surface area contributed by atoms with Crippen molar-refractivity contribution in [2.75, 3.05) is 26.7 Å². The molecule has 1 aliphatic rings. The van der Waals surface area contributed by atoms with Crippen LogP contribution in [-0.4, -0.2) is 42.4 Å². The van der Waals surface area contributed by atoms with Crippen LogP contribution in [0.5, 0.6) is 0 Å². The standard InChI is InChI=1S/C17H28N4.HI/c1-3-20(2)14-16-9-7-8-15(12-16)13-19-17(18)21-10-5-4-6-11-21;/h7-9,12H,3-6,10-11,13-14H2,1-2H3,(H2,18,19);1H. The van der Waals surface area contributed by atoms with Gasteiger partial charge in [0.25, 0.3) is 0 Å². The number of hydrogen-bond donors (Lipinski definition) is 1. The van der Waals surface area contributed by atoms with Crippen molar-refractivity contribution in [3.05, 3.63) is 35.4 Å². The maximum absolute atomic E-state index is 6.10. The minimum atomic E-state index is 0. The molecule has 0 unspecified atom stereocenters. The third-order valence-electron chi connectivity index (χ3n) is 4.09. The Balaban J connectivity index is 0.00000242. The summed E-state index contributed by atoms with van der Waals surface area (Å²) in [6.45, 7) is 6.99. The van der Waals surface area contributed by atoms with Crippen LogP contribution in [0.1, 0.15) is 37.3 Å². The van der Waals surface area contributed by atoms with E-state index in [1.54, 1.807) is 0 Å². The Morgan fingerprint density at radius 3 is 2.59 bits per heavy atom. The van der Waals surface area contributed by atoms with Crippen LogP contribution in [0.15, 0.2) is 29.3 Å². The number of halogens is 1. The summed E-state index contributed by atoms with van der Waals surface area (Å²) in [6.07, 6.45) is 3.78. The predicted octanol–water partition coefficient (Wildman–Crippen LogP) is 3.06. The van der Waals surface area contributed by atoms with Gasteiger partial charge in [0.2, 0.25) is 0 Å². The van der Waals surface area contributed by atoms with Crippen LogP contribution in [0.4, 0.5) is 0 Å². The fourth-order valence-electron chi connectivity index (χ4n) is 2.65. The molecule has 22 heavy (non-hydrogen) atoms. The molecule has 2 N–H and O–H groups in total. The Kier molecular flexibility index (Phi) is 8.78. The van der Waals surface area contributed by atoms with Crippen LogP contribution < -0.4 is 5.73 Å². The van der Waals surface area contributed by atoms with Gasteiger partial charge >= 0.3 is 0 Å². The summed E-state index contributed by atoms with van der Waals surface area (Å²) in [6, 6.07) is 8.65.